The Kier molecular flexibility index (Phi) is 4.10. The molecule has 1 aliphatic rings. The lowest BCUT2D eigenvalue weighted by molar-refractivity contribution is -0.138. The minimum atomic E-state index is -0.342. The first-order chi connectivity index (χ1) is 9.04. The van der Waals surface area contributed by atoms with Crippen molar-refractivity contribution in [3.05, 3.63) is 52.5 Å². The van der Waals surface area contributed by atoms with E-state index in [0.717, 1.165) is 22.3 Å². The zero-order chi connectivity index (χ0) is 14.0. The third-order valence-corrected chi connectivity index (χ3v) is 3.85. The molecule has 3 nitrogen and oxygen atoms in total. The van der Waals surface area contributed by atoms with Gasteiger partial charge in [0.05, 0.1) is 6.61 Å². The van der Waals surface area contributed by atoms with Crippen LogP contribution in [0.4, 0.5) is 0 Å². The predicted octanol–water partition coefficient (Wildman–Crippen LogP) is 3.35. The first-order valence-corrected chi connectivity index (χ1v) is 6.90. The van der Waals surface area contributed by atoms with Gasteiger partial charge < -0.3 is 9.64 Å². The van der Waals surface area contributed by atoms with E-state index in [4.69, 9.17) is 4.74 Å². The number of nitrogens with zero attached hydrogens (tertiary/aromatic N) is 1. The summed E-state index contributed by atoms with van der Waals surface area (Å²) in [5.74, 6) is -0.342. The second kappa shape index (κ2) is 5.61. The molecular weight excluding hydrogens is 306 g/mol. The van der Waals surface area contributed by atoms with Crippen LogP contribution in [0.3, 0.4) is 0 Å². The van der Waals surface area contributed by atoms with Crippen molar-refractivity contribution in [2.75, 3.05) is 13.2 Å². The van der Waals surface area contributed by atoms with Gasteiger partial charge in [-0.25, -0.2) is 4.79 Å². The summed E-state index contributed by atoms with van der Waals surface area (Å²) in [5.41, 5.74) is 3.68. The van der Waals surface area contributed by atoms with Crippen LogP contribution in [0.25, 0.3) is 5.70 Å². The molecule has 0 saturated carbocycles. The van der Waals surface area contributed by atoms with E-state index in [1.165, 1.54) is 5.56 Å². The van der Waals surface area contributed by atoms with E-state index < -0.39 is 0 Å². The largest absolute Gasteiger partial charge is 0.463 e. The maximum absolute atomic E-state index is 11.6. The Labute approximate surface area is 121 Å². The van der Waals surface area contributed by atoms with Crippen LogP contribution in [0.2, 0.25) is 0 Å². The molecule has 0 bridgehead atoms. The number of benzene rings is 1. The Morgan fingerprint density at radius 1 is 1.53 bits per heavy atom. The Bertz CT molecular complexity index is 551. The summed E-state index contributed by atoms with van der Waals surface area (Å²) in [5, 5.41) is 0. The molecule has 4 heteroatoms. The number of carbonyl (C=O) groups is 1. The highest BCUT2D eigenvalue weighted by atomic mass is 79.9. The zero-order valence-electron chi connectivity index (χ0n) is 10.9. The number of esters is 1. The lowest BCUT2D eigenvalue weighted by Gasteiger charge is -2.19. The van der Waals surface area contributed by atoms with Crippen molar-refractivity contribution in [2.24, 2.45) is 0 Å². The molecule has 0 amide bonds. The van der Waals surface area contributed by atoms with E-state index in [1.54, 1.807) is 6.92 Å². The highest BCUT2D eigenvalue weighted by molar-refractivity contribution is 9.10. The molecule has 0 aromatic heterocycles. The van der Waals surface area contributed by atoms with Crippen molar-refractivity contribution >= 4 is 27.6 Å². The van der Waals surface area contributed by atoms with E-state index in [-0.39, 0.29) is 5.97 Å². The Hall–Kier alpha value is -1.55. The molecule has 0 fully saturated rings. The lowest BCUT2D eigenvalue weighted by Crippen LogP contribution is -2.22. The summed E-state index contributed by atoms with van der Waals surface area (Å²) in [4.78, 5) is 13.6. The molecule has 100 valence electrons. The number of rotatable bonds is 4. The molecule has 0 aliphatic carbocycles. The maximum atomic E-state index is 11.6. The van der Waals surface area contributed by atoms with Gasteiger partial charge in [0.15, 0.2) is 0 Å². The van der Waals surface area contributed by atoms with Gasteiger partial charge in [-0.15, -0.1) is 0 Å². The third-order valence-electron chi connectivity index (χ3n) is 3.11. The van der Waals surface area contributed by atoms with E-state index in [0.29, 0.717) is 18.7 Å². The second-order valence-electron chi connectivity index (χ2n) is 4.39. The third kappa shape index (κ3) is 2.73. The first-order valence-electron chi connectivity index (χ1n) is 6.11. The van der Waals surface area contributed by atoms with Gasteiger partial charge in [-0.2, -0.15) is 0 Å². The molecular formula is C15H16BrNO2. The number of carbonyl (C=O) groups excluding carboxylic acids is 1. The van der Waals surface area contributed by atoms with E-state index in [9.17, 15) is 4.79 Å². The smallest absolute Gasteiger partial charge is 0.335 e. The highest BCUT2D eigenvalue weighted by Crippen LogP contribution is 2.36. The standard InChI is InChI=1S/C15H16BrNO2/c1-4-19-15(18)10(2)8-17-9-13-12(11(17)3)6-5-7-14(13)16/h5-7H,2-4,8-9H2,1H3. The Morgan fingerprint density at radius 3 is 2.89 bits per heavy atom. The predicted molar refractivity (Wildman–Crippen MR) is 79.4 cm³/mol. The second-order valence-corrected chi connectivity index (χ2v) is 5.25. The van der Waals surface area contributed by atoms with Crippen LogP contribution in [-0.4, -0.2) is 24.0 Å². The van der Waals surface area contributed by atoms with Crippen molar-refractivity contribution in [2.45, 2.75) is 13.5 Å². The van der Waals surface area contributed by atoms with Gasteiger partial charge in [0, 0.05) is 34.4 Å². The molecule has 1 heterocycles. The van der Waals surface area contributed by atoms with Crippen molar-refractivity contribution in [3.8, 4) is 0 Å². The summed E-state index contributed by atoms with van der Waals surface area (Å²) in [6.45, 7) is 11.2. The quantitative estimate of drug-likeness (QED) is 0.629. The molecule has 0 atom stereocenters. The fourth-order valence-electron chi connectivity index (χ4n) is 2.13. The topological polar surface area (TPSA) is 29.5 Å². The van der Waals surface area contributed by atoms with Gasteiger partial charge in [-0.3, -0.25) is 0 Å². The van der Waals surface area contributed by atoms with Crippen LogP contribution in [0.15, 0.2) is 41.4 Å². The summed E-state index contributed by atoms with van der Waals surface area (Å²) in [6, 6.07) is 6.03. The SMILES string of the molecule is C=C(CN1Cc2c(Br)cccc2C1=C)C(=O)OCC. The molecule has 0 N–H and O–H groups in total. The lowest BCUT2D eigenvalue weighted by atomic mass is 10.1. The van der Waals surface area contributed by atoms with Gasteiger partial charge >= 0.3 is 5.97 Å². The molecule has 1 aliphatic heterocycles. The molecule has 1 aromatic rings. The van der Waals surface area contributed by atoms with Crippen molar-refractivity contribution in [3.63, 3.8) is 0 Å². The monoisotopic (exact) mass is 321 g/mol. The minimum Gasteiger partial charge on any atom is -0.463 e. The van der Waals surface area contributed by atoms with Crippen LogP contribution < -0.4 is 0 Å². The van der Waals surface area contributed by atoms with Gasteiger partial charge in [0.25, 0.3) is 0 Å². The summed E-state index contributed by atoms with van der Waals surface area (Å²) < 4.78 is 6.01. The summed E-state index contributed by atoms with van der Waals surface area (Å²) >= 11 is 3.54. The van der Waals surface area contributed by atoms with E-state index in [1.807, 2.05) is 23.1 Å². The molecule has 2 rings (SSSR count). The number of halogens is 1. The average molecular weight is 322 g/mol. The van der Waals surface area contributed by atoms with Gasteiger partial charge in [-0.1, -0.05) is 41.2 Å². The van der Waals surface area contributed by atoms with Gasteiger partial charge in [0.2, 0.25) is 0 Å². The van der Waals surface area contributed by atoms with Crippen molar-refractivity contribution < 1.29 is 9.53 Å². The molecule has 0 radical (unpaired) electrons. The fraction of sp³-hybridized carbons (Fsp3) is 0.267. The van der Waals surface area contributed by atoms with Crippen LogP contribution in [0, 0.1) is 0 Å². The van der Waals surface area contributed by atoms with Crippen LogP contribution in [0.1, 0.15) is 18.1 Å². The van der Waals surface area contributed by atoms with Gasteiger partial charge in [-0.05, 0) is 18.6 Å². The Balaban J connectivity index is 2.10. The highest BCUT2D eigenvalue weighted by Gasteiger charge is 2.25. The summed E-state index contributed by atoms with van der Waals surface area (Å²) in [7, 11) is 0. The van der Waals surface area contributed by atoms with E-state index >= 15 is 0 Å². The molecule has 19 heavy (non-hydrogen) atoms. The first kappa shape index (κ1) is 13.9. The van der Waals surface area contributed by atoms with E-state index in [2.05, 4.69) is 29.1 Å². The van der Waals surface area contributed by atoms with Crippen molar-refractivity contribution in [1.82, 2.24) is 4.90 Å². The number of fused-ring (bicyclic) bond motifs is 1. The average Bonchev–Trinajstić information content (AvgIpc) is 2.69. The maximum Gasteiger partial charge on any atom is 0.335 e. The minimum absolute atomic E-state index is 0.342. The van der Waals surface area contributed by atoms with Crippen LogP contribution in [-0.2, 0) is 16.1 Å². The number of hydrogen-bond donors (Lipinski definition) is 0. The van der Waals surface area contributed by atoms with Crippen LogP contribution in [0.5, 0.6) is 0 Å². The normalized spacial score (nSPS) is 13.4. The van der Waals surface area contributed by atoms with Crippen molar-refractivity contribution in [1.29, 1.82) is 0 Å². The number of ether oxygens (including phenoxy) is 1. The molecule has 1 aromatic carbocycles. The van der Waals surface area contributed by atoms with Gasteiger partial charge in [0.1, 0.15) is 0 Å². The number of hydrogen-bond acceptors (Lipinski definition) is 3. The van der Waals surface area contributed by atoms with Crippen LogP contribution >= 0.6 is 15.9 Å². The molecule has 0 unspecified atom stereocenters. The molecule has 0 spiro atoms. The summed E-state index contributed by atoms with van der Waals surface area (Å²) in [6.07, 6.45) is 0. The Morgan fingerprint density at radius 2 is 2.26 bits per heavy atom. The molecule has 0 saturated heterocycles. The fourth-order valence-corrected chi connectivity index (χ4v) is 2.62. The zero-order valence-corrected chi connectivity index (χ0v) is 12.5.